The van der Waals surface area contributed by atoms with Crippen molar-refractivity contribution >= 4 is 23.2 Å². The second kappa shape index (κ2) is 10.9. The Balaban J connectivity index is 1.63. The molecular formula is C21H35N5O2S. The smallest absolute Gasteiger partial charge is 0.225 e. The molecule has 2 fully saturated rings. The molecule has 8 heteroatoms. The molecule has 1 aromatic rings. The number of morpholine rings is 1. The molecule has 2 aliphatic rings. The van der Waals surface area contributed by atoms with Crippen molar-refractivity contribution in [1.29, 1.82) is 0 Å². The molecule has 0 aliphatic carbocycles. The highest BCUT2D eigenvalue weighted by Gasteiger charge is 2.28. The van der Waals surface area contributed by atoms with Gasteiger partial charge in [-0.15, -0.1) is 11.3 Å². The average Bonchev–Trinajstić information content (AvgIpc) is 3.41. The summed E-state index contributed by atoms with van der Waals surface area (Å²) in [4.78, 5) is 23.0. The molecule has 3 rings (SSSR count). The summed E-state index contributed by atoms with van der Waals surface area (Å²) in [7, 11) is 0. The maximum Gasteiger partial charge on any atom is 0.225 e. The summed E-state index contributed by atoms with van der Waals surface area (Å²) in [6.45, 7) is 12.5. The van der Waals surface area contributed by atoms with E-state index in [1.54, 1.807) is 11.3 Å². The SMILES string of the molecule is CCNC(=NCC(c1cccs1)N1CCOCC1)NC1CCN(C(=O)C(C)C)C1. The first-order chi connectivity index (χ1) is 14.1. The zero-order chi connectivity index (χ0) is 20.6. The van der Waals surface area contributed by atoms with Crippen LogP contribution in [0.2, 0.25) is 0 Å². The molecule has 3 heterocycles. The number of amides is 1. The fourth-order valence-electron chi connectivity index (χ4n) is 3.89. The molecule has 2 N–H and O–H groups in total. The number of hydrogen-bond acceptors (Lipinski definition) is 5. The number of aliphatic imine (C=N–C) groups is 1. The normalized spacial score (nSPS) is 22.1. The number of carbonyl (C=O) groups excluding carboxylic acids is 1. The van der Waals surface area contributed by atoms with Crippen molar-refractivity contribution in [2.24, 2.45) is 10.9 Å². The van der Waals surface area contributed by atoms with Crippen molar-refractivity contribution < 1.29 is 9.53 Å². The number of nitrogens with one attached hydrogen (secondary N) is 2. The second-order valence-corrected chi connectivity index (χ2v) is 8.95. The van der Waals surface area contributed by atoms with Gasteiger partial charge in [-0.1, -0.05) is 19.9 Å². The van der Waals surface area contributed by atoms with Gasteiger partial charge in [-0.25, -0.2) is 0 Å². The Labute approximate surface area is 178 Å². The van der Waals surface area contributed by atoms with Crippen molar-refractivity contribution in [3.05, 3.63) is 22.4 Å². The van der Waals surface area contributed by atoms with E-state index in [0.29, 0.717) is 6.54 Å². The van der Waals surface area contributed by atoms with E-state index in [1.807, 2.05) is 18.7 Å². The molecule has 0 saturated carbocycles. The second-order valence-electron chi connectivity index (χ2n) is 7.97. The Hall–Kier alpha value is -1.64. The summed E-state index contributed by atoms with van der Waals surface area (Å²) in [5.41, 5.74) is 0. The fourth-order valence-corrected chi connectivity index (χ4v) is 4.74. The number of nitrogens with zero attached hydrogens (tertiary/aromatic N) is 3. The van der Waals surface area contributed by atoms with Gasteiger partial charge in [0, 0.05) is 49.6 Å². The van der Waals surface area contributed by atoms with Crippen molar-refractivity contribution in [2.45, 2.75) is 39.3 Å². The number of guanidine groups is 1. The van der Waals surface area contributed by atoms with Crippen LogP contribution in [0.3, 0.4) is 0 Å². The van der Waals surface area contributed by atoms with Crippen LogP contribution in [0, 0.1) is 5.92 Å². The molecule has 0 bridgehead atoms. The molecule has 0 aromatic carbocycles. The number of ether oxygens (including phenoxy) is 1. The van der Waals surface area contributed by atoms with Gasteiger partial charge in [0.25, 0.3) is 0 Å². The molecule has 2 aliphatic heterocycles. The summed E-state index contributed by atoms with van der Waals surface area (Å²) < 4.78 is 5.54. The van der Waals surface area contributed by atoms with Gasteiger partial charge in [0.2, 0.25) is 5.91 Å². The lowest BCUT2D eigenvalue weighted by atomic mass is 10.2. The van der Waals surface area contributed by atoms with Crippen molar-refractivity contribution in [3.63, 3.8) is 0 Å². The Bertz CT molecular complexity index is 658. The standard InChI is InChI=1S/C21H35N5O2S/c1-4-22-21(24-17-7-8-26(15-17)20(27)16(2)3)23-14-18(19-6-5-13-29-19)25-9-11-28-12-10-25/h5-6,13,16-18H,4,7-12,14-15H2,1-3H3,(H2,22,23,24). The number of likely N-dealkylation sites (tertiary alicyclic amines) is 1. The van der Waals surface area contributed by atoms with Gasteiger partial charge in [0.1, 0.15) is 0 Å². The first-order valence-corrected chi connectivity index (χ1v) is 11.6. The summed E-state index contributed by atoms with van der Waals surface area (Å²) >= 11 is 1.79. The largest absolute Gasteiger partial charge is 0.379 e. The highest BCUT2D eigenvalue weighted by molar-refractivity contribution is 7.10. The Morgan fingerprint density at radius 1 is 1.34 bits per heavy atom. The number of rotatable bonds is 7. The minimum absolute atomic E-state index is 0.0516. The molecule has 2 saturated heterocycles. The predicted octanol–water partition coefficient (Wildman–Crippen LogP) is 1.93. The topological polar surface area (TPSA) is 69.2 Å². The van der Waals surface area contributed by atoms with E-state index >= 15 is 0 Å². The van der Waals surface area contributed by atoms with Crippen molar-refractivity contribution in [2.75, 3.05) is 52.5 Å². The van der Waals surface area contributed by atoms with E-state index < -0.39 is 0 Å². The molecule has 1 amide bonds. The molecule has 2 atom stereocenters. The fraction of sp³-hybridized carbons (Fsp3) is 0.714. The predicted molar refractivity (Wildman–Crippen MR) is 118 cm³/mol. The van der Waals surface area contributed by atoms with Gasteiger partial charge in [-0.05, 0) is 24.8 Å². The minimum Gasteiger partial charge on any atom is -0.379 e. The number of thiophene rings is 1. The van der Waals surface area contributed by atoms with E-state index in [1.165, 1.54) is 4.88 Å². The third-order valence-corrected chi connectivity index (χ3v) is 6.43. The first kappa shape index (κ1) is 22.1. The lowest BCUT2D eigenvalue weighted by Crippen LogP contribution is -2.46. The molecule has 7 nitrogen and oxygen atoms in total. The van der Waals surface area contributed by atoms with E-state index in [-0.39, 0.29) is 23.9 Å². The quantitative estimate of drug-likeness (QED) is 0.520. The molecular weight excluding hydrogens is 386 g/mol. The van der Waals surface area contributed by atoms with Gasteiger partial charge >= 0.3 is 0 Å². The van der Waals surface area contributed by atoms with Crippen molar-refractivity contribution in [1.82, 2.24) is 20.4 Å². The third-order valence-electron chi connectivity index (χ3n) is 5.46. The first-order valence-electron chi connectivity index (χ1n) is 10.8. The van der Waals surface area contributed by atoms with Gasteiger partial charge < -0.3 is 20.3 Å². The number of carbonyl (C=O) groups is 1. The highest BCUT2D eigenvalue weighted by atomic mass is 32.1. The maximum atomic E-state index is 12.3. The molecule has 0 radical (unpaired) electrons. The molecule has 1 aromatic heterocycles. The van der Waals surface area contributed by atoms with E-state index in [9.17, 15) is 4.79 Å². The van der Waals surface area contributed by atoms with Crippen LogP contribution in [-0.4, -0.2) is 80.2 Å². The van der Waals surface area contributed by atoms with Gasteiger partial charge in [-0.3, -0.25) is 14.7 Å². The Morgan fingerprint density at radius 3 is 2.79 bits per heavy atom. The van der Waals surface area contributed by atoms with E-state index in [4.69, 9.17) is 9.73 Å². The Morgan fingerprint density at radius 2 is 2.14 bits per heavy atom. The zero-order valence-corrected chi connectivity index (χ0v) is 18.7. The minimum atomic E-state index is 0.0516. The van der Waals surface area contributed by atoms with E-state index in [2.05, 4.69) is 40.0 Å². The molecule has 0 spiro atoms. The summed E-state index contributed by atoms with van der Waals surface area (Å²) in [5, 5.41) is 9.06. The van der Waals surface area contributed by atoms with Crippen LogP contribution < -0.4 is 10.6 Å². The lowest BCUT2D eigenvalue weighted by Gasteiger charge is -2.33. The summed E-state index contributed by atoms with van der Waals surface area (Å²) in [5.74, 6) is 1.13. The van der Waals surface area contributed by atoms with Crippen LogP contribution in [0.5, 0.6) is 0 Å². The molecule has 29 heavy (non-hydrogen) atoms. The van der Waals surface area contributed by atoms with Crippen LogP contribution in [-0.2, 0) is 9.53 Å². The zero-order valence-electron chi connectivity index (χ0n) is 17.9. The van der Waals surface area contributed by atoms with Gasteiger partial charge in [0.05, 0.1) is 25.8 Å². The van der Waals surface area contributed by atoms with E-state index in [0.717, 1.165) is 58.3 Å². The van der Waals surface area contributed by atoms with Gasteiger partial charge in [0.15, 0.2) is 5.96 Å². The highest BCUT2D eigenvalue weighted by Crippen LogP contribution is 2.26. The summed E-state index contributed by atoms with van der Waals surface area (Å²) in [6, 6.07) is 4.84. The Kier molecular flexibility index (Phi) is 8.32. The van der Waals surface area contributed by atoms with Crippen LogP contribution in [0.4, 0.5) is 0 Å². The van der Waals surface area contributed by atoms with Crippen LogP contribution >= 0.6 is 11.3 Å². The van der Waals surface area contributed by atoms with Crippen LogP contribution in [0.15, 0.2) is 22.5 Å². The van der Waals surface area contributed by atoms with Crippen LogP contribution in [0.1, 0.15) is 38.1 Å². The monoisotopic (exact) mass is 421 g/mol. The van der Waals surface area contributed by atoms with Gasteiger partial charge in [-0.2, -0.15) is 0 Å². The maximum absolute atomic E-state index is 12.3. The average molecular weight is 422 g/mol. The third kappa shape index (κ3) is 6.17. The molecule has 162 valence electrons. The summed E-state index contributed by atoms with van der Waals surface area (Å²) in [6.07, 6.45) is 0.959. The van der Waals surface area contributed by atoms with Crippen LogP contribution in [0.25, 0.3) is 0 Å². The molecule has 2 unspecified atom stereocenters. The number of hydrogen-bond donors (Lipinski definition) is 2. The lowest BCUT2D eigenvalue weighted by molar-refractivity contribution is -0.133. The van der Waals surface area contributed by atoms with Crippen molar-refractivity contribution in [3.8, 4) is 0 Å².